The van der Waals surface area contributed by atoms with Gasteiger partial charge < -0.3 is 4.57 Å². The summed E-state index contributed by atoms with van der Waals surface area (Å²) in [6.07, 6.45) is 4.36. The molecule has 0 spiro atoms. The molecule has 3 nitrogen and oxygen atoms in total. The van der Waals surface area contributed by atoms with E-state index in [1.165, 1.54) is 11.1 Å². The van der Waals surface area contributed by atoms with E-state index in [1.807, 2.05) is 30.3 Å². The minimum Gasteiger partial charge on any atom is -0.302 e. The molecule has 1 heterocycles. The van der Waals surface area contributed by atoms with Gasteiger partial charge in [0.2, 0.25) is 0 Å². The highest BCUT2D eigenvalue weighted by Gasteiger charge is 2.08. The summed E-state index contributed by atoms with van der Waals surface area (Å²) in [6.45, 7) is 0. The normalized spacial score (nSPS) is 10.8. The van der Waals surface area contributed by atoms with E-state index < -0.39 is 0 Å². The highest BCUT2D eigenvalue weighted by atomic mass is 35.5. The van der Waals surface area contributed by atoms with Crippen LogP contribution in [0.3, 0.4) is 0 Å². The van der Waals surface area contributed by atoms with Crippen molar-refractivity contribution in [2.24, 2.45) is 7.05 Å². The van der Waals surface area contributed by atoms with Gasteiger partial charge in [-0.05, 0) is 35.2 Å². The number of hydrogen-bond donors (Lipinski definition) is 0. The second kappa shape index (κ2) is 6.24. The number of hydrogen-bond acceptors (Lipinski definition) is 1. The van der Waals surface area contributed by atoms with E-state index in [1.54, 1.807) is 28.6 Å². The van der Waals surface area contributed by atoms with E-state index in [-0.39, 0.29) is 5.69 Å². The third-order valence-electron chi connectivity index (χ3n) is 3.80. The highest BCUT2D eigenvalue weighted by Crippen LogP contribution is 2.20. The summed E-state index contributed by atoms with van der Waals surface area (Å²) in [5.41, 5.74) is 4.28. The molecule has 0 N–H and O–H groups in total. The van der Waals surface area contributed by atoms with Crippen LogP contribution >= 0.6 is 11.6 Å². The number of benzene rings is 2. The summed E-state index contributed by atoms with van der Waals surface area (Å²) in [5.74, 6) is 0.428. The third-order valence-corrected chi connectivity index (χ3v) is 4.08. The Hall–Kier alpha value is -2.26. The number of nitrogens with zero attached hydrogens (tertiary/aromatic N) is 2. The largest absolute Gasteiger partial charge is 0.332 e. The number of imidazole rings is 1. The minimum absolute atomic E-state index is 0.0590. The van der Waals surface area contributed by atoms with Gasteiger partial charge in [-0.3, -0.25) is 4.57 Å². The Bertz CT molecular complexity index is 834. The number of aryl methyl sites for hydroxylation is 1. The lowest BCUT2D eigenvalue weighted by Gasteiger charge is -2.10. The number of rotatable bonds is 4. The molecule has 0 fully saturated rings. The summed E-state index contributed by atoms with van der Waals surface area (Å²) in [5, 5.41) is 0. The second-order valence-corrected chi connectivity index (χ2v) is 5.58. The molecule has 3 aromatic rings. The maximum absolute atomic E-state index is 12.0. The Morgan fingerprint density at radius 1 is 1.00 bits per heavy atom. The lowest BCUT2D eigenvalue weighted by molar-refractivity contribution is 0.823. The van der Waals surface area contributed by atoms with Crippen LogP contribution in [0.25, 0.3) is 5.69 Å². The van der Waals surface area contributed by atoms with Gasteiger partial charge >= 0.3 is 5.69 Å². The average Bonchev–Trinajstić information content (AvgIpc) is 2.88. The Labute approximate surface area is 134 Å². The molecule has 0 aliphatic carbocycles. The summed E-state index contributed by atoms with van der Waals surface area (Å²) in [6, 6.07) is 16.3. The molecular formula is C18H17ClN2O. The van der Waals surface area contributed by atoms with Crippen LogP contribution in [0, 0.1) is 0 Å². The first-order valence-electron chi connectivity index (χ1n) is 7.15. The van der Waals surface area contributed by atoms with Gasteiger partial charge in [-0.15, -0.1) is 11.6 Å². The topological polar surface area (TPSA) is 26.9 Å². The first-order valence-corrected chi connectivity index (χ1v) is 7.68. The molecule has 4 heteroatoms. The first-order chi connectivity index (χ1) is 10.7. The van der Waals surface area contributed by atoms with Gasteiger partial charge in [0.25, 0.3) is 0 Å². The molecule has 112 valence electrons. The molecule has 0 saturated heterocycles. The molecule has 0 radical (unpaired) electrons. The van der Waals surface area contributed by atoms with E-state index in [4.69, 9.17) is 11.6 Å². The predicted molar refractivity (Wildman–Crippen MR) is 89.8 cm³/mol. The Morgan fingerprint density at radius 2 is 1.77 bits per heavy atom. The van der Waals surface area contributed by atoms with Crippen molar-refractivity contribution in [3.8, 4) is 5.69 Å². The first kappa shape index (κ1) is 14.7. The SMILES string of the molecule is Cn1ccn(-c2ccc(Cc3ccccc3)c(CCl)c2)c1=O. The lowest BCUT2D eigenvalue weighted by Crippen LogP contribution is -2.20. The smallest absolute Gasteiger partial charge is 0.302 e. The summed E-state index contributed by atoms with van der Waals surface area (Å²) in [7, 11) is 1.74. The summed E-state index contributed by atoms with van der Waals surface area (Å²) >= 11 is 6.11. The fourth-order valence-electron chi connectivity index (χ4n) is 2.54. The van der Waals surface area contributed by atoms with Crippen LogP contribution in [0.4, 0.5) is 0 Å². The molecular weight excluding hydrogens is 296 g/mol. The van der Waals surface area contributed by atoms with Gasteiger partial charge in [0, 0.05) is 25.3 Å². The fourth-order valence-corrected chi connectivity index (χ4v) is 2.78. The van der Waals surface area contributed by atoms with Crippen molar-refractivity contribution in [2.45, 2.75) is 12.3 Å². The zero-order valence-corrected chi connectivity index (χ0v) is 13.1. The van der Waals surface area contributed by atoms with Gasteiger partial charge in [-0.1, -0.05) is 36.4 Å². The summed E-state index contributed by atoms with van der Waals surface area (Å²) in [4.78, 5) is 12.0. The van der Waals surface area contributed by atoms with Crippen molar-refractivity contribution < 1.29 is 0 Å². The van der Waals surface area contributed by atoms with Gasteiger partial charge in [0.1, 0.15) is 0 Å². The zero-order valence-electron chi connectivity index (χ0n) is 12.4. The van der Waals surface area contributed by atoms with Crippen molar-refractivity contribution in [1.82, 2.24) is 9.13 Å². The molecule has 0 amide bonds. The van der Waals surface area contributed by atoms with E-state index in [2.05, 4.69) is 18.2 Å². The molecule has 0 aliphatic heterocycles. The molecule has 0 aliphatic rings. The van der Waals surface area contributed by atoms with Gasteiger partial charge in [0.05, 0.1) is 5.69 Å². The second-order valence-electron chi connectivity index (χ2n) is 5.31. The minimum atomic E-state index is -0.0590. The van der Waals surface area contributed by atoms with Crippen molar-refractivity contribution in [3.05, 3.63) is 88.1 Å². The molecule has 0 atom stereocenters. The maximum atomic E-state index is 12.0. The lowest BCUT2D eigenvalue weighted by atomic mass is 10.00. The Morgan fingerprint density at radius 3 is 2.41 bits per heavy atom. The van der Waals surface area contributed by atoms with Crippen LogP contribution in [-0.2, 0) is 19.3 Å². The monoisotopic (exact) mass is 312 g/mol. The van der Waals surface area contributed by atoms with Gasteiger partial charge in [0.15, 0.2) is 0 Å². The highest BCUT2D eigenvalue weighted by molar-refractivity contribution is 6.17. The molecule has 2 aromatic carbocycles. The quantitative estimate of drug-likeness (QED) is 0.677. The molecule has 0 saturated carbocycles. The molecule has 3 rings (SSSR count). The molecule has 0 unspecified atom stereocenters. The maximum Gasteiger partial charge on any atom is 0.332 e. The van der Waals surface area contributed by atoms with Crippen LogP contribution in [0.5, 0.6) is 0 Å². The standard InChI is InChI=1S/C18H17ClN2O/c1-20-9-10-21(18(20)22)17-8-7-15(16(12-17)13-19)11-14-5-3-2-4-6-14/h2-10,12H,11,13H2,1H3. The Balaban J connectivity index is 1.97. The number of alkyl halides is 1. The van der Waals surface area contributed by atoms with Gasteiger partial charge in [-0.2, -0.15) is 0 Å². The zero-order chi connectivity index (χ0) is 15.5. The number of aromatic nitrogens is 2. The van der Waals surface area contributed by atoms with Gasteiger partial charge in [-0.25, -0.2) is 4.79 Å². The van der Waals surface area contributed by atoms with Crippen LogP contribution < -0.4 is 5.69 Å². The molecule has 1 aromatic heterocycles. The average molecular weight is 313 g/mol. The van der Waals surface area contributed by atoms with Crippen LogP contribution in [0.2, 0.25) is 0 Å². The summed E-state index contributed by atoms with van der Waals surface area (Å²) < 4.78 is 3.18. The third kappa shape index (κ3) is 2.85. The van der Waals surface area contributed by atoms with Crippen LogP contribution in [-0.4, -0.2) is 9.13 Å². The van der Waals surface area contributed by atoms with E-state index in [0.717, 1.165) is 17.7 Å². The fraction of sp³-hybridized carbons (Fsp3) is 0.167. The van der Waals surface area contributed by atoms with Crippen molar-refractivity contribution in [1.29, 1.82) is 0 Å². The Kier molecular flexibility index (Phi) is 4.16. The van der Waals surface area contributed by atoms with Crippen molar-refractivity contribution in [2.75, 3.05) is 0 Å². The van der Waals surface area contributed by atoms with E-state index in [0.29, 0.717) is 5.88 Å². The van der Waals surface area contributed by atoms with Crippen LogP contribution in [0.15, 0.2) is 65.7 Å². The number of halogens is 1. The predicted octanol–water partition coefficient (Wildman–Crippen LogP) is 3.51. The molecule has 22 heavy (non-hydrogen) atoms. The van der Waals surface area contributed by atoms with Crippen molar-refractivity contribution in [3.63, 3.8) is 0 Å². The van der Waals surface area contributed by atoms with E-state index >= 15 is 0 Å². The van der Waals surface area contributed by atoms with E-state index in [9.17, 15) is 4.79 Å². The van der Waals surface area contributed by atoms with Crippen molar-refractivity contribution >= 4 is 11.6 Å². The molecule has 0 bridgehead atoms. The van der Waals surface area contributed by atoms with Crippen LogP contribution in [0.1, 0.15) is 16.7 Å².